The Bertz CT molecular complexity index is 570. The third kappa shape index (κ3) is 2.45. The van der Waals surface area contributed by atoms with Crippen LogP contribution in [0.1, 0.15) is 11.9 Å². The molecule has 1 aromatic heterocycles. The van der Waals surface area contributed by atoms with Crippen molar-refractivity contribution < 1.29 is 20.1 Å². The maximum Gasteiger partial charge on any atom is 0.330 e. The Hall–Kier alpha value is -1.19. The van der Waals surface area contributed by atoms with E-state index >= 15 is 0 Å². The Morgan fingerprint density at radius 3 is 2.58 bits per heavy atom. The van der Waals surface area contributed by atoms with Crippen LogP contribution in [0.3, 0.4) is 0 Å². The first-order chi connectivity index (χ1) is 8.99. The third-order valence-electron chi connectivity index (χ3n) is 2.96. The molecule has 1 aliphatic heterocycles. The molecule has 0 aromatic carbocycles. The Morgan fingerprint density at radius 1 is 1.37 bits per heavy atom. The predicted molar refractivity (Wildman–Crippen MR) is 63.9 cm³/mol. The van der Waals surface area contributed by atoms with Crippen molar-refractivity contribution in [2.24, 2.45) is 0 Å². The largest absolute Gasteiger partial charge is 0.394 e. The highest BCUT2D eigenvalue weighted by atomic mass is 35.5. The van der Waals surface area contributed by atoms with Crippen LogP contribution in [-0.2, 0) is 10.6 Å². The number of alkyl halides is 1. The fourth-order valence-electron chi connectivity index (χ4n) is 2.03. The first kappa shape index (κ1) is 14.2. The van der Waals surface area contributed by atoms with Crippen molar-refractivity contribution in [3.8, 4) is 0 Å². The minimum absolute atomic E-state index is 0.144. The number of ether oxygens (including phenoxy) is 1. The van der Waals surface area contributed by atoms with Crippen LogP contribution in [0.25, 0.3) is 0 Å². The molecule has 2 heterocycles. The lowest BCUT2D eigenvalue weighted by Crippen LogP contribution is -2.39. The number of aliphatic hydroxyl groups is 3. The summed E-state index contributed by atoms with van der Waals surface area (Å²) in [6.45, 7) is -0.511. The standard InChI is InChI=1S/C10H13ClN2O6/c11-2-4-1-6(15)12-10(18)13(4)9-8(17)7(16)5(3-14)19-9/h1,5,7-9,14,16-17H,2-3H2,(H,12,15,18)/t5-,7-,8-,9-/m1/s1. The molecule has 9 heteroatoms. The summed E-state index contributed by atoms with van der Waals surface area (Å²) in [5.74, 6) is -0.147. The Labute approximate surface area is 111 Å². The highest BCUT2D eigenvalue weighted by Crippen LogP contribution is 2.29. The summed E-state index contributed by atoms with van der Waals surface area (Å²) in [5.41, 5.74) is -1.29. The molecule has 8 nitrogen and oxygen atoms in total. The first-order valence-electron chi connectivity index (χ1n) is 5.52. The Morgan fingerprint density at radius 2 is 2.05 bits per heavy atom. The molecule has 4 N–H and O–H groups in total. The molecule has 0 spiro atoms. The summed E-state index contributed by atoms with van der Waals surface area (Å²) < 4.78 is 6.17. The van der Waals surface area contributed by atoms with Gasteiger partial charge in [-0.3, -0.25) is 14.3 Å². The number of rotatable bonds is 3. The van der Waals surface area contributed by atoms with Gasteiger partial charge in [0.25, 0.3) is 5.56 Å². The van der Waals surface area contributed by atoms with Crippen molar-refractivity contribution in [2.45, 2.75) is 30.4 Å². The smallest absolute Gasteiger partial charge is 0.330 e. The van der Waals surface area contributed by atoms with Crippen molar-refractivity contribution >= 4 is 11.6 Å². The van der Waals surface area contributed by atoms with E-state index in [2.05, 4.69) is 0 Å². The molecule has 2 rings (SSSR count). The molecule has 0 unspecified atom stereocenters. The Kier molecular flexibility index (Phi) is 4.07. The Balaban J connectivity index is 2.48. The average Bonchev–Trinajstić information content (AvgIpc) is 2.65. The number of halogens is 1. The van der Waals surface area contributed by atoms with Crippen LogP contribution < -0.4 is 11.2 Å². The van der Waals surface area contributed by atoms with Gasteiger partial charge < -0.3 is 20.1 Å². The molecule has 1 aliphatic rings. The first-order valence-corrected chi connectivity index (χ1v) is 6.06. The van der Waals surface area contributed by atoms with Crippen molar-refractivity contribution in [1.82, 2.24) is 9.55 Å². The van der Waals surface area contributed by atoms with E-state index in [1.54, 1.807) is 0 Å². The minimum Gasteiger partial charge on any atom is -0.394 e. The van der Waals surface area contributed by atoms with E-state index in [1.165, 1.54) is 0 Å². The van der Waals surface area contributed by atoms with Crippen LogP contribution in [0, 0.1) is 0 Å². The molecule has 0 bridgehead atoms. The summed E-state index contributed by atoms with van der Waals surface area (Å²) in [6.07, 6.45) is -4.98. The quantitative estimate of drug-likeness (QED) is 0.472. The molecular formula is C10H13ClN2O6. The second-order valence-corrected chi connectivity index (χ2v) is 4.43. The lowest BCUT2D eigenvalue weighted by atomic mass is 10.1. The van der Waals surface area contributed by atoms with Gasteiger partial charge in [0, 0.05) is 11.8 Å². The molecule has 1 saturated heterocycles. The second kappa shape index (κ2) is 5.43. The zero-order chi connectivity index (χ0) is 14.2. The number of hydrogen-bond acceptors (Lipinski definition) is 6. The lowest BCUT2D eigenvalue weighted by molar-refractivity contribution is -0.0560. The monoisotopic (exact) mass is 292 g/mol. The van der Waals surface area contributed by atoms with Gasteiger partial charge in [0.15, 0.2) is 6.23 Å². The van der Waals surface area contributed by atoms with E-state index in [1.807, 2.05) is 4.98 Å². The molecule has 0 saturated carbocycles. The van der Waals surface area contributed by atoms with Gasteiger partial charge in [0.05, 0.1) is 12.5 Å². The van der Waals surface area contributed by atoms with E-state index in [0.29, 0.717) is 0 Å². The van der Waals surface area contributed by atoms with Gasteiger partial charge in [-0.2, -0.15) is 0 Å². The van der Waals surface area contributed by atoms with E-state index in [0.717, 1.165) is 10.6 Å². The van der Waals surface area contributed by atoms with E-state index in [9.17, 15) is 19.8 Å². The summed E-state index contributed by atoms with van der Waals surface area (Å²) in [5, 5.41) is 28.5. The number of aliphatic hydroxyl groups excluding tert-OH is 3. The number of H-pyrrole nitrogens is 1. The van der Waals surface area contributed by atoms with E-state index in [-0.39, 0.29) is 11.6 Å². The predicted octanol–water partition coefficient (Wildman–Crippen LogP) is -2.11. The highest BCUT2D eigenvalue weighted by molar-refractivity contribution is 6.16. The molecule has 0 radical (unpaired) electrons. The maximum absolute atomic E-state index is 11.8. The average molecular weight is 293 g/mol. The summed E-state index contributed by atoms with van der Waals surface area (Å²) in [4.78, 5) is 25.0. The highest BCUT2D eigenvalue weighted by Gasteiger charge is 2.44. The molecule has 0 aliphatic carbocycles. The van der Waals surface area contributed by atoms with Gasteiger partial charge in [-0.05, 0) is 0 Å². The van der Waals surface area contributed by atoms with Crippen LogP contribution in [0.5, 0.6) is 0 Å². The number of nitrogens with zero attached hydrogens (tertiary/aromatic N) is 1. The van der Waals surface area contributed by atoms with Gasteiger partial charge in [-0.15, -0.1) is 11.6 Å². The van der Waals surface area contributed by atoms with Crippen LogP contribution in [0.4, 0.5) is 0 Å². The number of aromatic nitrogens is 2. The summed E-state index contributed by atoms with van der Waals surface area (Å²) >= 11 is 5.65. The molecular weight excluding hydrogens is 280 g/mol. The van der Waals surface area contributed by atoms with Crippen LogP contribution in [0.15, 0.2) is 15.7 Å². The SMILES string of the molecule is O=c1cc(CCl)n([C@@H]2O[C@H](CO)[C@@H](O)[C@H]2O)c(=O)[nH]1. The molecule has 19 heavy (non-hydrogen) atoms. The summed E-state index contributed by atoms with van der Waals surface area (Å²) in [6, 6.07) is 1.10. The third-order valence-corrected chi connectivity index (χ3v) is 3.24. The van der Waals surface area contributed by atoms with Crippen molar-refractivity contribution in [3.05, 3.63) is 32.6 Å². The molecule has 106 valence electrons. The zero-order valence-electron chi connectivity index (χ0n) is 9.69. The fourth-order valence-corrected chi connectivity index (χ4v) is 2.23. The minimum atomic E-state index is -1.41. The number of aromatic amines is 1. The fraction of sp³-hybridized carbons (Fsp3) is 0.600. The van der Waals surface area contributed by atoms with Gasteiger partial charge in [0.2, 0.25) is 0 Å². The van der Waals surface area contributed by atoms with Gasteiger partial charge >= 0.3 is 5.69 Å². The van der Waals surface area contributed by atoms with E-state index in [4.69, 9.17) is 21.4 Å². The van der Waals surface area contributed by atoms with Crippen LogP contribution >= 0.6 is 11.6 Å². The van der Waals surface area contributed by atoms with Crippen molar-refractivity contribution in [3.63, 3.8) is 0 Å². The molecule has 0 amide bonds. The van der Waals surface area contributed by atoms with Crippen LogP contribution in [0.2, 0.25) is 0 Å². The lowest BCUT2D eigenvalue weighted by Gasteiger charge is -2.19. The van der Waals surface area contributed by atoms with Gasteiger partial charge in [-0.1, -0.05) is 0 Å². The normalized spacial score (nSPS) is 30.7. The maximum atomic E-state index is 11.8. The summed E-state index contributed by atoms with van der Waals surface area (Å²) in [7, 11) is 0. The van der Waals surface area contributed by atoms with Crippen molar-refractivity contribution in [2.75, 3.05) is 6.61 Å². The van der Waals surface area contributed by atoms with Gasteiger partial charge in [0.1, 0.15) is 18.3 Å². The zero-order valence-corrected chi connectivity index (χ0v) is 10.4. The van der Waals surface area contributed by atoms with E-state index < -0.39 is 42.4 Å². The molecule has 1 aromatic rings. The topological polar surface area (TPSA) is 125 Å². The van der Waals surface area contributed by atoms with Crippen LogP contribution in [-0.4, -0.2) is 49.8 Å². The van der Waals surface area contributed by atoms with Crippen molar-refractivity contribution in [1.29, 1.82) is 0 Å². The molecule has 4 atom stereocenters. The molecule has 1 fully saturated rings. The number of nitrogens with one attached hydrogen (secondary N) is 1. The second-order valence-electron chi connectivity index (χ2n) is 4.16. The number of hydrogen-bond donors (Lipinski definition) is 4. The van der Waals surface area contributed by atoms with Gasteiger partial charge in [-0.25, -0.2) is 4.79 Å².